The number of hydrogen-bond acceptors (Lipinski definition) is 7. The smallest absolute Gasteiger partial charge is 0.335 e. The summed E-state index contributed by atoms with van der Waals surface area (Å²) in [4.78, 5) is 0. The summed E-state index contributed by atoms with van der Waals surface area (Å²) in [5, 5.41) is 1.84. The van der Waals surface area contributed by atoms with Crippen molar-refractivity contribution in [3.8, 4) is 0 Å². The lowest BCUT2D eigenvalue weighted by atomic mass is 10.1. The zero-order valence-electron chi connectivity index (χ0n) is 18.5. The molecule has 170 valence electrons. The minimum Gasteiger partial charge on any atom is -0.456 e. The molecule has 0 spiro atoms. The Morgan fingerprint density at radius 1 is 0.645 bits per heavy atom. The van der Waals surface area contributed by atoms with E-state index in [0.29, 0.717) is 32.0 Å². The summed E-state index contributed by atoms with van der Waals surface area (Å²) in [6.07, 6.45) is 0.375. The molecular formula is C22H30O7P2. The van der Waals surface area contributed by atoms with Crippen LogP contribution in [-0.2, 0) is 39.5 Å². The van der Waals surface area contributed by atoms with E-state index in [1.165, 1.54) is 0 Å². The topological polar surface area (TPSA) is 84.2 Å². The van der Waals surface area contributed by atoms with Crippen LogP contribution in [0.25, 0.3) is 21.9 Å². The van der Waals surface area contributed by atoms with Gasteiger partial charge in [-0.05, 0) is 57.0 Å². The summed E-state index contributed by atoms with van der Waals surface area (Å²) in [5.74, 6) is 0. The fourth-order valence-electron chi connectivity index (χ4n) is 3.56. The van der Waals surface area contributed by atoms with Crippen LogP contribution in [0.5, 0.6) is 0 Å². The van der Waals surface area contributed by atoms with Crippen molar-refractivity contribution in [2.75, 3.05) is 26.4 Å². The highest BCUT2D eigenvalue weighted by atomic mass is 31.2. The van der Waals surface area contributed by atoms with Gasteiger partial charge in [0.25, 0.3) is 0 Å². The monoisotopic (exact) mass is 468 g/mol. The van der Waals surface area contributed by atoms with Gasteiger partial charge in [0.2, 0.25) is 0 Å². The van der Waals surface area contributed by atoms with Crippen molar-refractivity contribution in [3.63, 3.8) is 0 Å². The Hall–Kier alpha value is -1.46. The molecule has 0 aliphatic heterocycles. The second-order valence-corrected chi connectivity index (χ2v) is 11.1. The molecule has 0 bridgehead atoms. The highest BCUT2D eigenvalue weighted by Crippen LogP contribution is 2.52. The molecule has 0 atom stereocenters. The van der Waals surface area contributed by atoms with E-state index in [9.17, 15) is 9.13 Å². The summed E-state index contributed by atoms with van der Waals surface area (Å²) in [6, 6.07) is 11.4. The SMILES string of the molecule is CCOP(=O)(Cc1ccc2c(c1)oc1ccc(CP(=O)(OCC)OCC)cc12)OCC. The minimum absolute atomic E-state index is 0.179. The summed E-state index contributed by atoms with van der Waals surface area (Å²) < 4.78 is 53.4. The number of rotatable bonds is 12. The Morgan fingerprint density at radius 2 is 1.13 bits per heavy atom. The van der Waals surface area contributed by atoms with Crippen molar-refractivity contribution >= 4 is 37.1 Å². The van der Waals surface area contributed by atoms with E-state index in [1.807, 2.05) is 36.4 Å². The Morgan fingerprint density at radius 3 is 1.65 bits per heavy atom. The molecule has 3 rings (SSSR count). The highest BCUT2D eigenvalue weighted by molar-refractivity contribution is 7.53. The summed E-state index contributed by atoms with van der Waals surface area (Å²) in [5.41, 5.74) is 3.06. The van der Waals surface area contributed by atoms with Crippen LogP contribution < -0.4 is 0 Å². The quantitative estimate of drug-likeness (QED) is 0.262. The molecule has 31 heavy (non-hydrogen) atoms. The van der Waals surface area contributed by atoms with Gasteiger partial charge in [0.1, 0.15) is 11.2 Å². The maximum atomic E-state index is 12.9. The van der Waals surface area contributed by atoms with Gasteiger partial charge in [0.15, 0.2) is 0 Å². The first-order valence-corrected chi connectivity index (χ1v) is 14.0. The maximum absolute atomic E-state index is 12.9. The Labute approximate surface area is 183 Å². The van der Waals surface area contributed by atoms with Crippen LogP contribution in [0.15, 0.2) is 40.8 Å². The Bertz CT molecular complexity index is 1100. The van der Waals surface area contributed by atoms with Crippen LogP contribution in [0.3, 0.4) is 0 Å². The molecule has 0 amide bonds. The van der Waals surface area contributed by atoms with E-state index in [1.54, 1.807) is 27.7 Å². The minimum atomic E-state index is -3.20. The zero-order chi connectivity index (χ0) is 22.5. The van der Waals surface area contributed by atoms with Gasteiger partial charge in [-0.1, -0.05) is 18.2 Å². The highest BCUT2D eigenvalue weighted by Gasteiger charge is 2.26. The van der Waals surface area contributed by atoms with Crippen LogP contribution in [0.1, 0.15) is 38.8 Å². The average Bonchev–Trinajstić information content (AvgIpc) is 3.05. The third-order valence-electron chi connectivity index (χ3n) is 4.66. The van der Waals surface area contributed by atoms with Crippen molar-refractivity contribution in [2.45, 2.75) is 40.0 Å². The van der Waals surface area contributed by atoms with Gasteiger partial charge in [-0.15, -0.1) is 0 Å². The molecule has 0 saturated heterocycles. The van der Waals surface area contributed by atoms with Gasteiger partial charge in [0.05, 0.1) is 38.8 Å². The first-order chi connectivity index (χ1) is 14.8. The van der Waals surface area contributed by atoms with Crippen LogP contribution in [0.2, 0.25) is 0 Å². The van der Waals surface area contributed by atoms with E-state index in [0.717, 1.165) is 27.5 Å². The van der Waals surface area contributed by atoms with Crippen molar-refractivity contribution in [2.24, 2.45) is 0 Å². The van der Waals surface area contributed by atoms with E-state index >= 15 is 0 Å². The molecule has 0 fully saturated rings. The second-order valence-electron chi connectivity index (χ2n) is 6.97. The number of benzene rings is 2. The summed E-state index contributed by atoms with van der Waals surface area (Å²) in [6.45, 7) is 8.47. The van der Waals surface area contributed by atoms with E-state index < -0.39 is 15.2 Å². The molecule has 0 aliphatic carbocycles. The molecule has 1 aromatic heterocycles. The predicted molar refractivity (Wildman–Crippen MR) is 123 cm³/mol. The first-order valence-electron chi connectivity index (χ1n) is 10.6. The van der Waals surface area contributed by atoms with E-state index in [4.69, 9.17) is 22.5 Å². The molecule has 0 N–H and O–H groups in total. The maximum Gasteiger partial charge on any atom is 0.335 e. The van der Waals surface area contributed by atoms with Crippen LogP contribution in [0.4, 0.5) is 0 Å². The Kier molecular flexibility index (Phi) is 8.14. The second kappa shape index (κ2) is 10.4. The molecule has 7 nitrogen and oxygen atoms in total. The third-order valence-corrected chi connectivity index (χ3v) is 8.77. The van der Waals surface area contributed by atoms with Gasteiger partial charge in [-0.3, -0.25) is 9.13 Å². The van der Waals surface area contributed by atoms with Crippen molar-refractivity contribution in [1.82, 2.24) is 0 Å². The molecule has 0 aliphatic rings. The standard InChI is InChI=1S/C22H30O7P2/c1-5-25-30(23,26-6-2)15-17-10-12-21-20(13-17)19-11-9-18(14-22(19)29-21)16-31(24,27-7-3)28-8-4/h9-14H,5-8,15-16H2,1-4H3. The van der Waals surface area contributed by atoms with E-state index in [2.05, 4.69) is 0 Å². The molecule has 3 aromatic rings. The molecule has 0 unspecified atom stereocenters. The van der Waals surface area contributed by atoms with Crippen molar-refractivity contribution in [3.05, 3.63) is 47.5 Å². The van der Waals surface area contributed by atoms with E-state index in [-0.39, 0.29) is 12.3 Å². The summed E-state index contributed by atoms with van der Waals surface area (Å²) in [7, 11) is -6.39. The van der Waals surface area contributed by atoms with Gasteiger partial charge in [-0.2, -0.15) is 0 Å². The molecule has 0 saturated carbocycles. The van der Waals surface area contributed by atoms with Gasteiger partial charge >= 0.3 is 15.2 Å². The molecule has 1 heterocycles. The lowest BCUT2D eigenvalue weighted by Gasteiger charge is -2.17. The summed E-state index contributed by atoms with van der Waals surface area (Å²) >= 11 is 0. The normalized spacial score (nSPS) is 12.8. The van der Waals surface area contributed by atoms with Crippen molar-refractivity contribution < 1.29 is 31.6 Å². The average molecular weight is 468 g/mol. The molecule has 9 heteroatoms. The molecule has 2 aromatic carbocycles. The van der Waals surface area contributed by atoms with Crippen LogP contribution >= 0.6 is 15.2 Å². The molecule has 0 radical (unpaired) electrons. The van der Waals surface area contributed by atoms with Crippen LogP contribution in [-0.4, -0.2) is 26.4 Å². The lowest BCUT2D eigenvalue weighted by molar-refractivity contribution is 0.218. The number of fused-ring (bicyclic) bond motifs is 3. The number of furan rings is 1. The fraction of sp³-hybridized carbons (Fsp3) is 0.455. The van der Waals surface area contributed by atoms with Crippen molar-refractivity contribution in [1.29, 1.82) is 0 Å². The lowest BCUT2D eigenvalue weighted by Crippen LogP contribution is -1.99. The predicted octanol–water partition coefficient (Wildman–Crippen LogP) is 7.12. The largest absolute Gasteiger partial charge is 0.456 e. The fourth-order valence-corrected chi connectivity index (χ4v) is 6.93. The van der Waals surface area contributed by atoms with Gasteiger partial charge < -0.3 is 22.5 Å². The molecular weight excluding hydrogens is 438 g/mol. The van der Waals surface area contributed by atoms with Gasteiger partial charge in [0, 0.05) is 10.8 Å². The number of hydrogen-bond donors (Lipinski definition) is 0. The van der Waals surface area contributed by atoms with Crippen LogP contribution in [0, 0.1) is 0 Å². The zero-order valence-corrected chi connectivity index (χ0v) is 20.2. The first kappa shape index (κ1) is 24.2. The Balaban J connectivity index is 1.92. The van der Waals surface area contributed by atoms with Gasteiger partial charge in [-0.25, -0.2) is 0 Å². The third kappa shape index (κ3) is 5.87.